The van der Waals surface area contributed by atoms with E-state index in [1.165, 1.54) is 0 Å². The van der Waals surface area contributed by atoms with Crippen molar-refractivity contribution in [3.8, 4) is 17.2 Å². The Morgan fingerprint density at radius 1 is 0.966 bits per heavy atom. The van der Waals surface area contributed by atoms with Crippen LogP contribution in [0.5, 0.6) is 11.5 Å². The van der Waals surface area contributed by atoms with Crippen molar-refractivity contribution in [2.75, 3.05) is 19.5 Å². The molecular formula is C23H21N3O3. The maximum atomic E-state index is 12.8. The summed E-state index contributed by atoms with van der Waals surface area (Å²) in [4.78, 5) is 17.5. The number of benzene rings is 3. The van der Waals surface area contributed by atoms with Crippen LogP contribution in [0.3, 0.4) is 0 Å². The van der Waals surface area contributed by atoms with Gasteiger partial charge in [-0.05, 0) is 42.5 Å². The maximum Gasteiger partial charge on any atom is 0.231 e. The molecule has 0 spiro atoms. The Bertz CT molecular complexity index is 1150. The van der Waals surface area contributed by atoms with Crippen molar-refractivity contribution in [2.45, 2.75) is 6.42 Å². The standard InChI is InChI=1S/C23H21N3O3/c1-28-18-12-13-21(29-2)16(14-18)15-22(27)25-23-24-19-10-6-7-11-20(19)26(23)17-8-4-3-5-9-17/h3-14H,15H2,1-2H3,(H,24,25,27). The van der Waals surface area contributed by atoms with Gasteiger partial charge in [-0.1, -0.05) is 30.3 Å². The van der Waals surface area contributed by atoms with Gasteiger partial charge in [0.1, 0.15) is 11.5 Å². The third-order valence-electron chi connectivity index (χ3n) is 4.66. The number of para-hydroxylation sites is 3. The summed E-state index contributed by atoms with van der Waals surface area (Å²) in [6, 6.07) is 23.0. The molecule has 0 aliphatic carbocycles. The highest BCUT2D eigenvalue weighted by Gasteiger charge is 2.16. The average molecular weight is 387 g/mol. The van der Waals surface area contributed by atoms with Crippen molar-refractivity contribution >= 4 is 22.9 Å². The van der Waals surface area contributed by atoms with Crippen molar-refractivity contribution in [2.24, 2.45) is 0 Å². The van der Waals surface area contributed by atoms with Crippen LogP contribution in [-0.2, 0) is 11.2 Å². The van der Waals surface area contributed by atoms with Crippen LogP contribution in [0.15, 0.2) is 72.8 Å². The Morgan fingerprint density at radius 2 is 1.72 bits per heavy atom. The van der Waals surface area contributed by atoms with Crippen LogP contribution in [0.4, 0.5) is 5.95 Å². The Hall–Kier alpha value is -3.80. The number of ether oxygens (including phenoxy) is 2. The first-order chi connectivity index (χ1) is 14.2. The summed E-state index contributed by atoms with van der Waals surface area (Å²) in [5.74, 6) is 1.59. The van der Waals surface area contributed by atoms with Gasteiger partial charge >= 0.3 is 0 Å². The molecule has 0 aliphatic rings. The molecule has 29 heavy (non-hydrogen) atoms. The molecule has 146 valence electrons. The Balaban J connectivity index is 1.67. The minimum absolute atomic E-state index is 0.137. The normalized spacial score (nSPS) is 10.7. The second-order valence-electron chi connectivity index (χ2n) is 6.50. The molecule has 0 unspecified atom stereocenters. The summed E-state index contributed by atoms with van der Waals surface area (Å²) in [6.45, 7) is 0. The summed E-state index contributed by atoms with van der Waals surface area (Å²) in [5, 5.41) is 2.95. The van der Waals surface area contributed by atoms with Gasteiger partial charge in [0.05, 0.1) is 31.7 Å². The first-order valence-electron chi connectivity index (χ1n) is 9.23. The van der Waals surface area contributed by atoms with E-state index in [1.807, 2.05) is 59.2 Å². The number of nitrogens with zero attached hydrogens (tertiary/aromatic N) is 2. The van der Waals surface area contributed by atoms with Gasteiger partial charge in [-0.15, -0.1) is 0 Å². The van der Waals surface area contributed by atoms with Crippen LogP contribution in [0, 0.1) is 0 Å². The third kappa shape index (κ3) is 3.78. The first-order valence-corrected chi connectivity index (χ1v) is 9.23. The van der Waals surface area contributed by atoms with Crippen LogP contribution < -0.4 is 14.8 Å². The molecular weight excluding hydrogens is 366 g/mol. The fourth-order valence-corrected chi connectivity index (χ4v) is 3.31. The number of hydrogen-bond donors (Lipinski definition) is 1. The van der Waals surface area contributed by atoms with E-state index >= 15 is 0 Å². The number of fused-ring (bicyclic) bond motifs is 1. The lowest BCUT2D eigenvalue weighted by Gasteiger charge is -2.12. The van der Waals surface area contributed by atoms with E-state index in [2.05, 4.69) is 10.3 Å². The highest BCUT2D eigenvalue weighted by molar-refractivity contribution is 5.94. The average Bonchev–Trinajstić information content (AvgIpc) is 3.11. The molecule has 3 aromatic carbocycles. The lowest BCUT2D eigenvalue weighted by Crippen LogP contribution is -2.18. The van der Waals surface area contributed by atoms with E-state index in [0.29, 0.717) is 17.4 Å². The minimum Gasteiger partial charge on any atom is -0.497 e. The molecule has 0 saturated carbocycles. The summed E-state index contributed by atoms with van der Waals surface area (Å²) in [7, 11) is 3.17. The molecule has 0 saturated heterocycles. The Morgan fingerprint density at radius 3 is 2.48 bits per heavy atom. The van der Waals surface area contributed by atoms with E-state index in [1.54, 1.807) is 32.4 Å². The van der Waals surface area contributed by atoms with E-state index in [0.717, 1.165) is 22.3 Å². The summed E-state index contributed by atoms with van der Waals surface area (Å²) in [6.07, 6.45) is 0.137. The molecule has 6 heteroatoms. The summed E-state index contributed by atoms with van der Waals surface area (Å²) in [5.41, 5.74) is 3.40. The van der Waals surface area contributed by atoms with Crippen molar-refractivity contribution in [3.63, 3.8) is 0 Å². The zero-order chi connectivity index (χ0) is 20.2. The molecule has 6 nitrogen and oxygen atoms in total. The smallest absolute Gasteiger partial charge is 0.231 e. The molecule has 0 bridgehead atoms. The van der Waals surface area contributed by atoms with Crippen molar-refractivity contribution < 1.29 is 14.3 Å². The molecule has 0 radical (unpaired) electrons. The number of carbonyl (C=O) groups excluding carboxylic acids is 1. The van der Waals surface area contributed by atoms with Gasteiger partial charge in [0, 0.05) is 11.3 Å². The van der Waals surface area contributed by atoms with Crippen molar-refractivity contribution in [1.82, 2.24) is 9.55 Å². The van der Waals surface area contributed by atoms with E-state index in [9.17, 15) is 4.79 Å². The van der Waals surface area contributed by atoms with Crippen molar-refractivity contribution in [3.05, 3.63) is 78.4 Å². The third-order valence-corrected chi connectivity index (χ3v) is 4.66. The molecule has 1 heterocycles. The van der Waals surface area contributed by atoms with Crippen LogP contribution in [-0.4, -0.2) is 29.7 Å². The van der Waals surface area contributed by atoms with Gasteiger partial charge in [0.25, 0.3) is 0 Å². The zero-order valence-electron chi connectivity index (χ0n) is 16.3. The summed E-state index contributed by atoms with van der Waals surface area (Å²) >= 11 is 0. The van der Waals surface area contributed by atoms with Gasteiger partial charge in [-0.25, -0.2) is 4.98 Å². The molecule has 1 aromatic heterocycles. The quantitative estimate of drug-likeness (QED) is 0.538. The van der Waals surface area contributed by atoms with Gasteiger partial charge in [0.15, 0.2) is 0 Å². The molecule has 1 amide bonds. The number of anilines is 1. The second kappa shape index (κ2) is 8.06. The highest BCUT2D eigenvalue weighted by Crippen LogP contribution is 2.27. The number of amides is 1. The van der Waals surface area contributed by atoms with Crippen LogP contribution >= 0.6 is 0 Å². The maximum absolute atomic E-state index is 12.8. The Labute approximate surface area is 168 Å². The van der Waals surface area contributed by atoms with E-state index in [4.69, 9.17) is 9.47 Å². The first kappa shape index (κ1) is 18.6. The predicted molar refractivity (Wildman–Crippen MR) is 113 cm³/mol. The molecule has 0 aliphatic heterocycles. The van der Waals surface area contributed by atoms with Gasteiger partial charge < -0.3 is 9.47 Å². The highest BCUT2D eigenvalue weighted by atomic mass is 16.5. The molecule has 1 N–H and O–H groups in total. The van der Waals surface area contributed by atoms with Gasteiger partial charge in [-0.3, -0.25) is 14.7 Å². The topological polar surface area (TPSA) is 65.4 Å². The number of hydrogen-bond acceptors (Lipinski definition) is 4. The predicted octanol–water partition coefficient (Wildman–Crippen LogP) is 4.22. The lowest BCUT2D eigenvalue weighted by atomic mass is 10.1. The van der Waals surface area contributed by atoms with Crippen molar-refractivity contribution in [1.29, 1.82) is 0 Å². The largest absolute Gasteiger partial charge is 0.497 e. The van der Waals surface area contributed by atoms with Gasteiger partial charge in [-0.2, -0.15) is 0 Å². The summed E-state index contributed by atoms with van der Waals surface area (Å²) < 4.78 is 12.6. The number of carbonyl (C=O) groups is 1. The number of nitrogens with one attached hydrogen (secondary N) is 1. The fraction of sp³-hybridized carbons (Fsp3) is 0.130. The van der Waals surface area contributed by atoms with Crippen LogP contribution in [0.25, 0.3) is 16.7 Å². The van der Waals surface area contributed by atoms with Crippen LogP contribution in [0.2, 0.25) is 0 Å². The van der Waals surface area contributed by atoms with Gasteiger partial charge in [0.2, 0.25) is 11.9 Å². The number of methoxy groups -OCH3 is 2. The SMILES string of the molecule is COc1ccc(OC)c(CC(=O)Nc2nc3ccccc3n2-c2ccccc2)c1. The zero-order valence-corrected chi connectivity index (χ0v) is 16.3. The number of rotatable bonds is 6. The number of aromatic nitrogens is 2. The second-order valence-corrected chi connectivity index (χ2v) is 6.50. The van der Waals surface area contributed by atoms with Crippen LogP contribution in [0.1, 0.15) is 5.56 Å². The molecule has 4 aromatic rings. The minimum atomic E-state index is -0.191. The fourth-order valence-electron chi connectivity index (χ4n) is 3.31. The molecule has 0 atom stereocenters. The molecule has 4 rings (SSSR count). The van der Waals surface area contributed by atoms with E-state index < -0.39 is 0 Å². The van der Waals surface area contributed by atoms with E-state index in [-0.39, 0.29) is 12.3 Å². The Kier molecular flexibility index (Phi) is 5.16. The lowest BCUT2D eigenvalue weighted by molar-refractivity contribution is -0.115. The monoisotopic (exact) mass is 387 g/mol. The number of imidazole rings is 1. The molecule has 0 fully saturated rings.